The van der Waals surface area contributed by atoms with Crippen molar-refractivity contribution in [1.29, 1.82) is 0 Å². The van der Waals surface area contributed by atoms with Crippen LogP contribution in [0.15, 0.2) is 48.5 Å². The van der Waals surface area contributed by atoms with E-state index in [1.54, 1.807) is 0 Å². The maximum absolute atomic E-state index is 13.4. The Hall–Kier alpha value is -3.62. The van der Waals surface area contributed by atoms with Crippen molar-refractivity contribution < 1.29 is 33.2 Å². The summed E-state index contributed by atoms with van der Waals surface area (Å²) in [5.74, 6) is -6.62. The van der Waals surface area contributed by atoms with Crippen LogP contribution in [0, 0.1) is 27.3 Å². The fourth-order valence-corrected chi connectivity index (χ4v) is 4.05. The second-order valence-electron chi connectivity index (χ2n) is 7.73. The van der Waals surface area contributed by atoms with Crippen LogP contribution in [0.3, 0.4) is 0 Å². The first-order valence-corrected chi connectivity index (χ1v) is 9.09. The number of Topliss-reactive ketones (excluding diaryl/α,β-unsaturated/α-hetero) is 1. The molecule has 0 unspecified atom stereocenters. The van der Waals surface area contributed by atoms with Crippen LogP contribution >= 0.6 is 0 Å². The topological polar surface area (TPSA) is 113 Å². The number of non-ortho nitro benzene ring substituents is 1. The van der Waals surface area contributed by atoms with Crippen molar-refractivity contribution in [1.82, 2.24) is 0 Å². The molecule has 0 radical (unpaired) electrons. The highest BCUT2D eigenvalue weighted by molar-refractivity contribution is 6.17. The minimum atomic E-state index is -1.92. The van der Waals surface area contributed by atoms with Gasteiger partial charge in [0.15, 0.2) is 11.2 Å². The molecule has 2 aromatic carbocycles. The van der Waals surface area contributed by atoms with Gasteiger partial charge in [0.25, 0.3) is 11.5 Å². The highest BCUT2D eigenvalue weighted by Crippen LogP contribution is 2.68. The highest BCUT2D eigenvalue weighted by Gasteiger charge is 2.81. The molecule has 0 bridgehead atoms. The summed E-state index contributed by atoms with van der Waals surface area (Å²) in [6.07, 6.45) is 0. The third kappa shape index (κ3) is 2.85. The van der Waals surface area contributed by atoms with Crippen LogP contribution in [0.25, 0.3) is 0 Å². The van der Waals surface area contributed by atoms with Gasteiger partial charge >= 0.3 is 11.9 Å². The number of esters is 2. The molecule has 2 aromatic rings. The standard InChI is InChI=1S/C21H16FNO7/c1-20(2)29-18(25)21(19(26)30-20)15(11-6-8-13(22)9-7-11)16(21)17(24)12-4-3-5-14(10-12)23(27)28/h3-10,15-16H,1-2H3/t15-,16+/m1/s1. The molecule has 1 saturated carbocycles. The smallest absolute Gasteiger partial charge is 0.328 e. The second kappa shape index (κ2) is 6.45. The zero-order valence-corrected chi connectivity index (χ0v) is 16.0. The van der Waals surface area contributed by atoms with Crippen molar-refractivity contribution in [3.63, 3.8) is 0 Å². The van der Waals surface area contributed by atoms with Crippen LogP contribution < -0.4 is 0 Å². The van der Waals surface area contributed by atoms with Gasteiger partial charge in [-0.05, 0) is 17.7 Å². The lowest BCUT2D eigenvalue weighted by molar-refractivity contribution is -0.384. The summed E-state index contributed by atoms with van der Waals surface area (Å²) in [5, 5.41) is 11.1. The maximum Gasteiger partial charge on any atom is 0.328 e. The predicted octanol–water partition coefficient (Wildman–Crippen LogP) is 3.15. The van der Waals surface area contributed by atoms with Crippen molar-refractivity contribution in [2.45, 2.75) is 25.6 Å². The predicted molar refractivity (Wildman–Crippen MR) is 98.8 cm³/mol. The number of nitro benzene ring substituents is 1. The first kappa shape index (κ1) is 19.7. The molecule has 4 rings (SSSR count). The van der Waals surface area contributed by atoms with Gasteiger partial charge < -0.3 is 9.47 Å². The van der Waals surface area contributed by atoms with Crippen molar-refractivity contribution in [3.05, 3.63) is 75.6 Å². The minimum Gasteiger partial charge on any atom is -0.422 e. The Morgan fingerprint density at radius 3 is 2.23 bits per heavy atom. The van der Waals surface area contributed by atoms with Crippen molar-refractivity contribution >= 4 is 23.4 Å². The van der Waals surface area contributed by atoms with E-state index in [-0.39, 0.29) is 11.3 Å². The van der Waals surface area contributed by atoms with Gasteiger partial charge in [0.1, 0.15) is 5.82 Å². The van der Waals surface area contributed by atoms with E-state index in [9.17, 15) is 28.9 Å². The summed E-state index contributed by atoms with van der Waals surface area (Å²) in [6, 6.07) is 10.1. The number of hydrogen-bond donors (Lipinski definition) is 0. The van der Waals surface area contributed by atoms with Crippen LogP contribution in [0.5, 0.6) is 0 Å². The van der Waals surface area contributed by atoms with E-state index < -0.39 is 51.5 Å². The molecule has 1 saturated heterocycles. The first-order valence-electron chi connectivity index (χ1n) is 9.09. The van der Waals surface area contributed by atoms with E-state index >= 15 is 0 Å². The average Bonchev–Trinajstić information content (AvgIpc) is 3.37. The number of ketones is 1. The Labute approximate surface area is 169 Å². The van der Waals surface area contributed by atoms with Gasteiger partial charge in [-0.25, -0.2) is 4.39 Å². The monoisotopic (exact) mass is 413 g/mol. The van der Waals surface area contributed by atoms with Gasteiger partial charge in [-0.2, -0.15) is 0 Å². The van der Waals surface area contributed by atoms with Gasteiger partial charge in [0.2, 0.25) is 0 Å². The molecule has 2 aliphatic rings. The van der Waals surface area contributed by atoms with Gasteiger partial charge in [-0.1, -0.05) is 24.3 Å². The highest BCUT2D eigenvalue weighted by atomic mass is 19.1. The molecule has 1 aliphatic carbocycles. The molecule has 0 N–H and O–H groups in total. The number of halogens is 1. The van der Waals surface area contributed by atoms with Crippen LogP contribution in [-0.4, -0.2) is 28.4 Å². The van der Waals surface area contributed by atoms with Crippen LogP contribution in [0.2, 0.25) is 0 Å². The number of cyclic esters (lactones) is 2. The molecule has 9 heteroatoms. The molecule has 1 heterocycles. The summed E-state index contributed by atoms with van der Waals surface area (Å²) < 4.78 is 23.9. The van der Waals surface area contributed by atoms with Crippen LogP contribution in [0.1, 0.15) is 35.7 Å². The van der Waals surface area contributed by atoms with Gasteiger partial charge in [-0.3, -0.25) is 24.5 Å². The maximum atomic E-state index is 13.4. The zero-order chi connectivity index (χ0) is 21.8. The molecular weight excluding hydrogens is 397 g/mol. The summed E-state index contributed by atoms with van der Waals surface area (Å²) >= 11 is 0. The summed E-state index contributed by atoms with van der Waals surface area (Å²) in [6.45, 7) is 2.78. The number of nitrogens with zero attached hydrogens (tertiary/aromatic N) is 1. The van der Waals surface area contributed by atoms with E-state index in [0.29, 0.717) is 5.56 Å². The van der Waals surface area contributed by atoms with E-state index in [2.05, 4.69) is 0 Å². The van der Waals surface area contributed by atoms with E-state index in [0.717, 1.165) is 18.2 Å². The van der Waals surface area contributed by atoms with E-state index in [1.807, 2.05) is 0 Å². The molecule has 0 aromatic heterocycles. The SMILES string of the molecule is CC1(C)OC(=O)C2(C(=O)O1)[C@H](C(=O)c1cccc([N+](=O)[O-])c1)[C@H]2c1ccc(F)cc1. The molecule has 1 spiro atoms. The van der Waals surface area contributed by atoms with E-state index in [1.165, 1.54) is 44.2 Å². The van der Waals surface area contributed by atoms with Crippen molar-refractivity contribution in [2.24, 2.45) is 11.3 Å². The fraction of sp³-hybridized carbons (Fsp3) is 0.286. The molecule has 8 nitrogen and oxygen atoms in total. The second-order valence-corrected chi connectivity index (χ2v) is 7.73. The number of hydrogen-bond acceptors (Lipinski definition) is 7. The molecule has 0 amide bonds. The molecule has 1 aliphatic heterocycles. The number of carbonyl (C=O) groups excluding carboxylic acids is 3. The van der Waals surface area contributed by atoms with Gasteiger partial charge in [0, 0.05) is 37.5 Å². The first-order chi connectivity index (χ1) is 14.1. The Bertz CT molecular complexity index is 1070. The fourth-order valence-electron chi connectivity index (χ4n) is 4.05. The Morgan fingerprint density at radius 2 is 1.67 bits per heavy atom. The summed E-state index contributed by atoms with van der Waals surface area (Å²) in [7, 11) is 0. The zero-order valence-electron chi connectivity index (χ0n) is 16.0. The largest absolute Gasteiger partial charge is 0.422 e. The van der Waals surface area contributed by atoms with Crippen molar-refractivity contribution in [3.8, 4) is 0 Å². The molecule has 2 atom stereocenters. The van der Waals surface area contributed by atoms with Crippen LogP contribution in [0.4, 0.5) is 10.1 Å². The van der Waals surface area contributed by atoms with Crippen molar-refractivity contribution in [2.75, 3.05) is 0 Å². The minimum absolute atomic E-state index is 0.0244. The molecule has 30 heavy (non-hydrogen) atoms. The average molecular weight is 413 g/mol. The summed E-state index contributed by atoms with van der Waals surface area (Å²) in [5.41, 5.74) is -1.86. The lowest BCUT2D eigenvalue weighted by Gasteiger charge is -2.34. The van der Waals surface area contributed by atoms with Crippen LogP contribution in [-0.2, 0) is 19.1 Å². The number of nitro groups is 1. The lowest BCUT2D eigenvalue weighted by atomic mass is 9.95. The third-order valence-corrected chi connectivity index (χ3v) is 5.41. The number of benzene rings is 2. The number of ether oxygens (including phenoxy) is 2. The summed E-state index contributed by atoms with van der Waals surface area (Å²) in [4.78, 5) is 49.5. The molecular formula is C21H16FNO7. The lowest BCUT2D eigenvalue weighted by Crippen LogP contribution is -2.49. The molecule has 154 valence electrons. The molecule has 2 fully saturated rings. The Morgan fingerprint density at radius 1 is 1.07 bits per heavy atom. The van der Waals surface area contributed by atoms with Gasteiger partial charge in [0.05, 0.1) is 10.8 Å². The van der Waals surface area contributed by atoms with Gasteiger partial charge in [-0.15, -0.1) is 0 Å². The van der Waals surface area contributed by atoms with E-state index in [4.69, 9.17) is 9.47 Å². The quantitative estimate of drug-likeness (QED) is 0.249. The third-order valence-electron chi connectivity index (χ3n) is 5.41. The number of carbonyl (C=O) groups is 3. The number of rotatable bonds is 4. The Kier molecular flexibility index (Phi) is 4.23. The normalized spacial score (nSPS) is 23.4. The Balaban J connectivity index is 1.80.